The van der Waals surface area contributed by atoms with E-state index < -0.39 is 0 Å². The Kier molecular flexibility index (Phi) is 5.37. The maximum Gasteiger partial charge on any atom is 0.187 e. The SMILES string of the molecule is Clc1cc(Cl)c(Nc2nc(-c3ccc(-c4ccccc4)cc3)cs2)c(Cl)c1. The molecule has 0 atom stereocenters. The van der Waals surface area contributed by atoms with Crippen LogP contribution >= 0.6 is 46.1 Å². The van der Waals surface area contributed by atoms with Crippen molar-refractivity contribution in [1.82, 2.24) is 4.98 Å². The van der Waals surface area contributed by atoms with Crippen molar-refractivity contribution in [3.05, 3.63) is 87.2 Å². The number of thiazole rings is 1. The van der Waals surface area contributed by atoms with Gasteiger partial charge in [0.25, 0.3) is 0 Å². The van der Waals surface area contributed by atoms with Gasteiger partial charge in [0.2, 0.25) is 0 Å². The van der Waals surface area contributed by atoms with Gasteiger partial charge in [0.15, 0.2) is 5.13 Å². The average molecular weight is 432 g/mol. The maximum absolute atomic E-state index is 6.23. The Morgan fingerprint density at radius 2 is 1.33 bits per heavy atom. The summed E-state index contributed by atoms with van der Waals surface area (Å²) in [6.07, 6.45) is 0. The number of aromatic nitrogens is 1. The quantitative estimate of drug-likeness (QED) is 0.352. The largest absolute Gasteiger partial charge is 0.329 e. The van der Waals surface area contributed by atoms with Crippen LogP contribution in [0.3, 0.4) is 0 Å². The molecule has 0 fully saturated rings. The van der Waals surface area contributed by atoms with Crippen molar-refractivity contribution in [2.45, 2.75) is 0 Å². The lowest BCUT2D eigenvalue weighted by atomic mass is 10.0. The van der Waals surface area contributed by atoms with Crippen LogP contribution in [0.15, 0.2) is 72.1 Å². The Hall–Kier alpha value is -2.04. The summed E-state index contributed by atoms with van der Waals surface area (Å²) >= 11 is 19.9. The zero-order valence-corrected chi connectivity index (χ0v) is 17.0. The molecule has 0 saturated heterocycles. The van der Waals surface area contributed by atoms with Crippen molar-refractivity contribution in [1.29, 1.82) is 0 Å². The van der Waals surface area contributed by atoms with Crippen molar-refractivity contribution in [3.63, 3.8) is 0 Å². The van der Waals surface area contributed by atoms with Crippen LogP contribution in [0.5, 0.6) is 0 Å². The van der Waals surface area contributed by atoms with Gasteiger partial charge >= 0.3 is 0 Å². The van der Waals surface area contributed by atoms with E-state index >= 15 is 0 Å². The zero-order valence-electron chi connectivity index (χ0n) is 13.9. The summed E-state index contributed by atoms with van der Waals surface area (Å²) in [7, 11) is 0. The predicted octanol–water partition coefficient (Wildman–Crippen LogP) is 8.18. The molecular weight excluding hydrogens is 419 g/mol. The molecule has 0 amide bonds. The average Bonchev–Trinajstić information content (AvgIpc) is 3.14. The number of anilines is 2. The molecular formula is C21H13Cl3N2S. The van der Waals surface area contributed by atoms with Gasteiger partial charge in [-0.1, -0.05) is 89.4 Å². The minimum atomic E-state index is 0.455. The fourth-order valence-corrected chi connectivity index (χ4v) is 4.33. The monoisotopic (exact) mass is 430 g/mol. The topological polar surface area (TPSA) is 24.9 Å². The molecule has 0 aliphatic rings. The molecule has 0 bridgehead atoms. The maximum atomic E-state index is 6.23. The molecule has 0 unspecified atom stereocenters. The van der Waals surface area contributed by atoms with Crippen molar-refractivity contribution in [3.8, 4) is 22.4 Å². The highest BCUT2D eigenvalue weighted by atomic mass is 35.5. The van der Waals surface area contributed by atoms with Crippen molar-refractivity contribution in [2.24, 2.45) is 0 Å². The second-order valence-electron chi connectivity index (χ2n) is 5.85. The molecule has 4 aromatic rings. The fraction of sp³-hybridized carbons (Fsp3) is 0. The number of hydrogen-bond donors (Lipinski definition) is 1. The van der Waals surface area contributed by atoms with E-state index in [9.17, 15) is 0 Å². The number of nitrogens with one attached hydrogen (secondary N) is 1. The third-order valence-electron chi connectivity index (χ3n) is 4.03. The highest BCUT2D eigenvalue weighted by Crippen LogP contribution is 2.37. The van der Waals surface area contributed by atoms with Crippen LogP contribution in [0, 0.1) is 0 Å². The summed E-state index contributed by atoms with van der Waals surface area (Å²) in [5.74, 6) is 0. The molecule has 134 valence electrons. The van der Waals surface area contributed by atoms with E-state index in [4.69, 9.17) is 34.8 Å². The molecule has 1 aromatic heterocycles. The Labute approximate surface area is 176 Å². The molecule has 0 aliphatic carbocycles. The zero-order chi connectivity index (χ0) is 18.8. The highest BCUT2D eigenvalue weighted by Gasteiger charge is 2.11. The minimum absolute atomic E-state index is 0.455. The Morgan fingerprint density at radius 3 is 2.00 bits per heavy atom. The summed E-state index contributed by atoms with van der Waals surface area (Å²) in [6.45, 7) is 0. The van der Waals surface area contributed by atoms with Crippen LogP contribution in [0.2, 0.25) is 15.1 Å². The number of nitrogens with zero attached hydrogens (tertiary/aromatic N) is 1. The first-order valence-corrected chi connectivity index (χ1v) is 10.1. The molecule has 2 nitrogen and oxygen atoms in total. The lowest BCUT2D eigenvalue weighted by Gasteiger charge is -2.08. The lowest BCUT2D eigenvalue weighted by molar-refractivity contribution is 1.38. The molecule has 1 heterocycles. The first-order valence-electron chi connectivity index (χ1n) is 8.13. The van der Waals surface area contributed by atoms with Crippen LogP contribution in [-0.2, 0) is 0 Å². The first-order chi connectivity index (χ1) is 13.1. The van der Waals surface area contributed by atoms with E-state index in [1.165, 1.54) is 22.5 Å². The van der Waals surface area contributed by atoms with E-state index in [0.29, 0.717) is 25.9 Å². The third-order valence-corrected chi connectivity index (χ3v) is 5.60. The second-order valence-corrected chi connectivity index (χ2v) is 7.96. The van der Waals surface area contributed by atoms with Gasteiger partial charge in [-0.15, -0.1) is 11.3 Å². The highest BCUT2D eigenvalue weighted by molar-refractivity contribution is 7.14. The summed E-state index contributed by atoms with van der Waals surface area (Å²) in [5, 5.41) is 7.29. The van der Waals surface area contributed by atoms with Gasteiger partial charge in [0.05, 0.1) is 21.4 Å². The molecule has 3 aromatic carbocycles. The second kappa shape index (κ2) is 7.91. The van der Waals surface area contributed by atoms with Crippen LogP contribution in [0.1, 0.15) is 0 Å². The predicted molar refractivity (Wildman–Crippen MR) is 118 cm³/mol. The molecule has 6 heteroatoms. The molecule has 4 rings (SSSR count). The summed E-state index contributed by atoms with van der Waals surface area (Å²) in [4.78, 5) is 4.64. The van der Waals surface area contributed by atoms with E-state index in [0.717, 1.165) is 11.3 Å². The van der Waals surface area contributed by atoms with E-state index in [-0.39, 0.29) is 0 Å². The van der Waals surface area contributed by atoms with Crippen LogP contribution in [-0.4, -0.2) is 4.98 Å². The lowest BCUT2D eigenvalue weighted by Crippen LogP contribution is -1.92. The normalized spacial score (nSPS) is 10.8. The number of benzene rings is 3. The van der Waals surface area contributed by atoms with Gasteiger partial charge in [-0.25, -0.2) is 4.98 Å². The smallest absolute Gasteiger partial charge is 0.187 e. The van der Waals surface area contributed by atoms with Crippen molar-refractivity contribution in [2.75, 3.05) is 5.32 Å². The molecule has 0 aliphatic heterocycles. The van der Waals surface area contributed by atoms with E-state index in [1.54, 1.807) is 12.1 Å². The first kappa shape index (κ1) is 18.3. The van der Waals surface area contributed by atoms with Crippen LogP contribution in [0.25, 0.3) is 22.4 Å². The van der Waals surface area contributed by atoms with Crippen molar-refractivity contribution < 1.29 is 0 Å². The Bertz CT molecular complexity index is 1050. The van der Waals surface area contributed by atoms with Gasteiger partial charge in [-0.2, -0.15) is 0 Å². The standard InChI is InChI=1S/C21H13Cl3N2S/c22-16-10-17(23)20(18(24)11-16)26-21-25-19(12-27-21)15-8-6-14(7-9-15)13-4-2-1-3-5-13/h1-12H,(H,25,26). The molecule has 0 spiro atoms. The van der Waals surface area contributed by atoms with Gasteiger partial charge in [0, 0.05) is 16.0 Å². The Balaban J connectivity index is 1.56. The van der Waals surface area contributed by atoms with Crippen LogP contribution < -0.4 is 5.32 Å². The molecule has 1 N–H and O–H groups in total. The van der Waals surface area contributed by atoms with Gasteiger partial charge < -0.3 is 5.32 Å². The van der Waals surface area contributed by atoms with Gasteiger partial charge in [-0.05, 0) is 23.3 Å². The molecule has 27 heavy (non-hydrogen) atoms. The number of rotatable bonds is 4. The molecule has 0 saturated carbocycles. The number of halogens is 3. The summed E-state index contributed by atoms with van der Waals surface area (Å²) in [6, 6.07) is 21.9. The van der Waals surface area contributed by atoms with Gasteiger partial charge in [0.1, 0.15) is 0 Å². The summed E-state index contributed by atoms with van der Waals surface area (Å²) in [5.41, 5.74) is 4.91. The fourth-order valence-electron chi connectivity index (χ4n) is 2.70. The minimum Gasteiger partial charge on any atom is -0.329 e. The van der Waals surface area contributed by atoms with E-state index in [1.807, 2.05) is 23.6 Å². The van der Waals surface area contributed by atoms with E-state index in [2.05, 4.69) is 46.7 Å². The van der Waals surface area contributed by atoms with Crippen LogP contribution in [0.4, 0.5) is 10.8 Å². The number of hydrogen-bond acceptors (Lipinski definition) is 3. The van der Waals surface area contributed by atoms with Crippen molar-refractivity contribution >= 4 is 57.0 Å². The Morgan fingerprint density at radius 1 is 0.741 bits per heavy atom. The third kappa shape index (κ3) is 4.12. The van der Waals surface area contributed by atoms with Gasteiger partial charge in [-0.3, -0.25) is 0 Å². The molecule has 0 radical (unpaired) electrons. The summed E-state index contributed by atoms with van der Waals surface area (Å²) < 4.78 is 0.